The molecule has 1 unspecified atom stereocenters. The fraction of sp³-hybridized carbons (Fsp3) is 0.200. The fourth-order valence-electron chi connectivity index (χ4n) is 2.01. The number of phenolic OH excluding ortho intramolecular Hbond substituents is 1. The fourth-order valence-corrected chi connectivity index (χ4v) is 3.35. The molecule has 2 N–H and O–H groups in total. The number of aromatic hydroxyl groups is 1. The molecule has 0 aliphatic rings. The summed E-state index contributed by atoms with van der Waals surface area (Å²) in [5.74, 6) is -0.383. The van der Waals surface area contributed by atoms with Gasteiger partial charge in [-0.15, -0.1) is 0 Å². The second-order valence-corrected chi connectivity index (χ2v) is 6.68. The molecule has 0 heterocycles. The lowest BCUT2D eigenvalue weighted by Gasteiger charge is -2.14. The van der Waals surface area contributed by atoms with Crippen molar-refractivity contribution >= 4 is 9.84 Å². The number of sulfone groups is 1. The molecule has 0 amide bonds. The van der Waals surface area contributed by atoms with E-state index in [4.69, 9.17) is 0 Å². The molecule has 4 nitrogen and oxygen atoms in total. The molecule has 106 valence electrons. The minimum Gasteiger partial charge on any atom is -0.508 e. The highest BCUT2D eigenvalue weighted by Crippen LogP contribution is 2.23. The van der Waals surface area contributed by atoms with Gasteiger partial charge in [-0.2, -0.15) is 0 Å². The SMILES string of the molecule is Cc1ccccc1C(O)CS(=O)(=O)c1ccc(O)cc1. The van der Waals surface area contributed by atoms with Crippen molar-refractivity contribution in [2.24, 2.45) is 0 Å². The van der Waals surface area contributed by atoms with Crippen LogP contribution in [0.2, 0.25) is 0 Å². The van der Waals surface area contributed by atoms with E-state index in [2.05, 4.69) is 0 Å². The number of benzene rings is 2. The summed E-state index contributed by atoms with van der Waals surface area (Å²) < 4.78 is 24.4. The number of aryl methyl sites for hydroxylation is 1. The average molecular weight is 292 g/mol. The third-order valence-electron chi connectivity index (χ3n) is 3.12. The molecule has 20 heavy (non-hydrogen) atoms. The Morgan fingerprint density at radius 1 is 1.05 bits per heavy atom. The van der Waals surface area contributed by atoms with E-state index in [0.29, 0.717) is 5.56 Å². The van der Waals surface area contributed by atoms with Crippen LogP contribution in [0.4, 0.5) is 0 Å². The number of aliphatic hydroxyl groups is 1. The number of aliphatic hydroxyl groups excluding tert-OH is 1. The van der Waals surface area contributed by atoms with Crippen LogP contribution in [0.1, 0.15) is 17.2 Å². The van der Waals surface area contributed by atoms with Gasteiger partial charge in [0.15, 0.2) is 9.84 Å². The maximum atomic E-state index is 12.2. The molecule has 0 saturated carbocycles. The van der Waals surface area contributed by atoms with E-state index >= 15 is 0 Å². The topological polar surface area (TPSA) is 74.6 Å². The average Bonchev–Trinajstić information content (AvgIpc) is 2.39. The van der Waals surface area contributed by atoms with Crippen molar-refractivity contribution in [3.8, 4) is 5.75 Å². The second-order valence-electron chi connectivity index (χ2n) is 4.65. The smallest absolute Gasteiger partial charge is 0.181 e. The van der Waals surface area contributed by atoms with E-state index in [1.54, 1.807) is 12.1 Å². The van der Waals surface area contributed by atoms with Gasteiger partial charge in [-0.3, -0.25) is 0 Å². The molecule has 2 aromatic rings. The highest BCUT2D eigenvalue weighted by atomic mass is 32.2. The molecular weight excluding hydrogens is 276 g/mol. The van der Waals surface area contributed by atoms with Crippen molar-refractivity contribution in [3.63, 3.8) is 0 Å². The lowest BCUT2D eigenvalue weighted by atomic mass is 10.1. The summed E-state index contributed by atoms with van der Waals surface area (Å²) in [7, 11) is -3.60. The van der Waals surface area contributed by atoms with Crippen molar-refractivity contribution in [2.75, 3.05) is 5.75 Å². The molecule has 0 radical (unpaired) electrons. The summed E-state index contributed by atoms with van der Waals surface area (Å²) in [6.45, 7) is 1.83. The Kier molecular flexibility index (Phi) is 4.11. The Hall–Kier alpha value is -1.85. The second kappa shape index (κ2) is 5.64. The van der Waals surface area contributed by atoms with Gasteiger partial charge in [0.05, 0.1) is 16.8 Å². The van der Waals surface area contributed by atoms with Crippen LogP contribution >= 0.6 is 0 Å². The lowest BCUT2D eigenvalue weighted by Crippen LogP contribution is -2.15. The summed E-state index contributed by atoms with van der Waals surface area (Å²) in [6.07, 6.45) is -1.07. The molecule has 1 atom stereocenters. The minimum atomic E-state index is -3.60. The number of phenols is 1. The monoisotopic (exact) mass is 292 g/mol. The minimum absolute atomic E-state index is 0.00315. The van der Waals surface area contributed by atoms with Crippen LogP contribution in [-0.4, -0.2) is 24.4 Å². The Bertz CT molecular complexity index is 690. The van der Waals surface area contributed by atoms with E-state index in [0.717, 1.165) is 5.56 Å². The zero-order valence-electron chi connectivity index (χ0n) is 11.0. The van der Waals surface area contributed by atoms with Crippen LogP contribution in [-0.2, 0) is 9.84 Å². The number of rotatable bonds is 4. The third kappa shape index (κ3) is 3.18. The summed E-state index contributed by atoms with van der Waals surface area (Å²) in [4.78, 5) is 0.0861. The van der Waals surface area contributed by atoms with Gasteiger partial charge in [0, 0.05) is 0 Å². The van der Waals surface area contributed by atoms with Crippen LogP contribution in [0, 0.1) is 6.92 Å². The van der Waals surface area contributed by atoms with Crippen molar-refractivity contribution in [2.45, 2.75) is 17.9 Å². The zero-order chi connectivity index (χ0) is 14.8. The maximum absolute atomic E-state index is 12.2. The Morgan fingerprint density at radius 3 is 2.25 bits per heavy atom. The molecule has 0 spiro atoms. The van der Waals surface area contributed by atoms with Crippen LogP contribution in [0.3, 0.4) is 0 Å². The maximum Gasteiger partial charge on any atom is 0.181 e. The predicted octanol–water partition coefficient (Wildman–Crippen LogP) is 2.21. The number of hydrogen-bond acceptors (Lipinski definition) is 4. The molecule has 2 aromatic carbocycles. The largest absolute Gasteiger partial charge is 0.508 e. The standard InChI is InChI=1S/C15H16O4S/c1-11-4-2-3-5-14(11)15(17)10-20(18,19)13-8-6-12(16)7-9-13/h2-9,15-17H,10H2,1H3. The molecule has 0 fully saturated rings. The Morgan fingerprint density at radius 2 is 1.65 bits per heavy atom. The van der Waals surface area contributed by atoms with Gasteiger partial charge < -0.3 is 10.2 Å². The van der Waals surface area contributed by atoms with E-state index < -0.39 is 15.9 Å². The molecule has 0 aromatic heterocycles. The van der Waals surface area contributed by atoms with Crippen LogP contribution in [0.5, 0.6) is 5.75 Å². The molecule has 0 bridgehead atoms. The van der Waals surface area contributed by atoms with Crippen molar-refractivity contribution in [1.82, 2.24) is 0 Å². The third-order valence-corrected chi connectivity index (χ3v) is 4.87. The molecule has 5 heteroatoms. The molecular formula is C15H16O4S. The first-order valence-corrected chi connectivity index (χ1v) is 7.81. The highest BCUT2D eigenvalue weighted by Gasteiger charge is 2.21. The summed E-state index contributed by atoms with van der Waals surface area (Å²) in [5, 5.41) is 19.3. The Labute approximate surface area is 118 Å². The first-order valence-electron chi connectivity index (χ1n) is 6.15. The lowest BCUT2D eigenvalue weighted by molar-refractivity contribution is 0.201. The molecule has 0 aliphatic heterocycles. The van der Waals surface area contributed by atoms with Gasteiger partial charge in [-0.25, -0.2) is 8.42 Å². The number of hydrogen-bond donors (Lipinski definition) is 2. The van der Waals surface area contributed by atoms with E-state index in [1.165, 1.54) is 24.3 Å². The Balaban J connectivity index is 2.24. The first kappa shape index (κ1) is 14.6. The summed E-state index contributed by atoms with van der Waals surface area (Å²) in [5.41, 5.74) is 1.45. The quantitative estimate of drug-likeness (QED) is 0.906. The zero-order valence-corrected chi connectivity index (χ0v) is 11.8. The van der Waals surface area contributed by atoms with Gasteiger partial charge >= 0.3 is 0 Å². The van der Waals surface area contributed by atoms with E-state index in [9.17, 15) is 18.6 Å². The first-order chi connectivity index (χ1) is 9.40. The van der Waals surface area contributed by atoms with E-state index in [1.807, 2.05) is 19.1 Å². The van der Waals surface area contributed by atoms with E-state index in [-0.39, 0.29) is 16.4 Å². The normalized spacial score (nSPS) is 13.1. The highest BCUT2D eigenvalue weighted by molar-refractivity contribution is 7.91. The predicted molar refractivity (Wildman–Crippen MR) is 76.3 cm³/mol. The van der Waals surface area contributed by atoms with Gasteiger partial charge in [-0.1, -0.05) is 24.3 Å². The molecule has 0 saturated heterocycles. The summed E-state index contributed by atoms with van der Waals surface area (Å²) in [6, 6.07) is 12.4. The van der Waals surface area contributed by atoms with Crippen molar-refractivity contribution in [1.29, 1.82) is 0 Å². The van der Waals surface area contributed by atoms with Gasteiger partial charge in [0.1, 0.15) is 5.75 Å². The summed E-state index contributed by atoms with van der Waals surface area (Å²) >= 11 is 0. The van der Waals surface area contributed by atoms with Crippen molar-refractivity contribution < 1.29 is 18.6 Å². The van der Waals surface area contributed by atoms with Gasteiger partial charge in [0.2, 0.25) is 0 Å². The van der Waals surface area contributed by atoms with Crippen LogP contribution in [0.25, 0.3) is 0 Å². The van der Waals surface area contributed by atoms with Crippen molar-refractivity contribution in [3.05, 3.63) is 59.7 Å². The van der Waals surface area contributed by atoms with Crippen LogP contribution < -0.4 is 0 Å². The van der Waals surface area contributed by atoms with Gasteiger partial charge in [-0.05, 0) is 42.3 Å². The molecule has 0 aliphatic carbocycles. The van der Waals surface area contributed by atoms with Gasteiger partial charge in [0.25, 0.3) is 0 Å². The van der Waals surface area contributed by atoms with Crippen LogP contribution in [0.15, 0.2) is 53.4 Å². The molecule has 2 rings (SSSR count).